The van der Waals surface area contributed by atoms with Crippen molar-refractivity contribution in [1.82, 2.24) is 10.2 Å². The number of aromatic amines is 1. The summed E-state index contributed by atoms with van der Waals surface area (Å²) in [5.41, 5.74) is 1.72. The van der Waals surface area contributed by atoms with E-state index in [4.69, 9.17) is 0 Å². The first kappa shape index (κ1) is 12.3. The first-order valence-corrected chi connectivity index (χ1v) is 5.71. The number of benzene rings is 1. The van der Waals surface area contributed by atoms with E-state index in [0.717, 1.165) is 12.0 Å². The average molecular weight is 247 g/mol. The molecule has 0 saturated carbocycles. The first-order chi connectivity index (χ1) is 8.61. The molecule has 0 bridgehead atoms. The van der Waals surface area contributed by atoms with Gasteiger partial charge < -0.3 is 5.32 Å². The number of carbonyl (C=O) groups excluding carboxylic acids is 1. The molecule has 0 aliphatic carbocycles. The monoisotopic (exact) mass is 247 g/mol. The Labute approximate surface area is 104 Å². The van der Waals surface area contributed by atoms with Crippen LogP contribution in [0.3, 0.4) is 0 Å². The van der Waals surface area contributed by atoms with Crippen molar-refractivity contribution >= 4 is 11.7 Å². The van der Waals surface area contributed by atoms with E-state index in [9.17, 15) is 9.18 Å². The van der Waals surface area contributed by atoms with Crippen molar-refractivity contribution in [2.24, 2.45) is 0 Å². The molecule has 0 atom stereocenters. The molecular weight excluding hydrogens is 233 g/mol. The molecule has 0 saturated heterocycles. The summed E-state index contributed by atoms with van der Waals surface area (Å²) < 4.78 is 13.4. The fourth-order valence-electron chi connectivity index (χ4n) is 1.61. The number of carbonyl (C=O) groups is 1. The van der Waals surface area contributed by atoms with Gasteiger partial charge in [0.05, 0.1) is 6.20 Å². The van der Waals surface area contributed by atoms with E-state index in [1.165, 1.54) is 6.07 Å². The lowest BCUT2D eigenvalue weighted by Crippen LogP contribution is -2.13. The van der Waals surface area contributed by atoms with E-state index in [1.54, 1.807) is 25.3 Å². The molecule has 1 aromatic carbocycles. The zero-order valence-electron chi connectivity index (χ0n) is 10.2. The second-order valence-electron chi connectivity index (χ2n) is 4.04. The molecule has 1 aromatic heterocycles. The van der Waals surface area contributed by atoms with Gasteiger partial charge in [-0.15, -0.1) is 0 Å². The SMILES string of the molecule is CCc1cn[nH]c1NC(=O)c1ccc(C)c(F)c1. The minimum atomic E-state index is -0.386. The highest BCUT2D eigenvalue weighted by Crippen LogP contribution is 2.14. The lowest BCUT2D eigenvalue weighted by molar-refractivity contribution is 0.102. The number of aromatic nitrogens is 2. The van der Waals surface area contributed by atoms with Crippen molar-refractivity contribution in [3.63, 3.8) is 0 Å². The van der Waals surface area contributed by atoms with Crippen LogP contribution < -0.4 is 5.32 Å². The van der Waals surface area contributed by atoms with Crippen LogP contribution in [0.1, 0.15) is 28.4 Å². The van der Waals surface area contributed by atoms with Gasteiger partial charge in [0.15, 0.2) is 0 Å². The van der Waals surface area contributed by atoms with E-state index in [-0.39, 0.29) is 17.3 Å². The molecule has 2 rings (SSSR count). The van der Waals surface area contributed by atoms with Gasteiger partial charge in [0.25, 0.3) is 5.91 Å². The number of nitrogens with zero attached hydrogens (tertiary/aromatic N) is 1. The molecule has 0 fully saturated rings. The Hall–Kier alpha value is -2.17. The summed E-state index contributed by atoms with van der Waals surface area (Å²) >= 11 is 0. The predicted octanol–water partition coefficient (Wildman–Crippen LogP) is 2.67. The van der Waals surface area contributed by atoms with Gasteiger partial charge in [-0.3, -0.25) is 9.89 Å². The van der Waals surface area contributed by atoms with E-state index >= 15 is 0 Å². The van der Waals surface area contributed by atoms with Crippen LogP contribution in [0.2, 0.25) is 0 Å². The molecule has 94 valence electrons. The molecule has 0 unspecified atom stereocenters. The second kappa shape index (κ2) is 5.00. The number of halogens is 1. The normalized spacial score (nSPS) is 10.4. The number of anilines is 1. The second-order valence-corrected chi connectivity index (χ2v) is 4.04. The first-order valence-electron chi connectivity index (χ1n) is 5.71. The maximum absolute atomic E-state index is 13.4. The molecule has 0 aliphatic rings. The van der Waals surface area contributed by atoms with Gasteiger partial charge in [-0.25, -0.2) is 4.39 Å². The molecule has 0 spiro atoms. The number of rotatable bonds is 3. The van der Waals surface area contributed by atoms with Crippen LogP contribution in [-0.2, 0) is 6.42 Å². The third-order valence-electron chi connectivity index (χ3n) is 2.77. The molecular formula is C13H14FN3O. The average Bonchev–Trinajstić information content (AvgIpc) is 2.79. The highest BCUT2D eigenvalue weighted by Gasteiger charge is 2.11. The zero-order chi connectivity index (χ0) is 13.1. The van der Waals surface area contributed by atoms with Gasteiger partial charge in [-0.05, 0) is 31.0 Å². The standard InChI is InChI=1S/C13H14FN3O/c1-3-9-7-15-17-12(9)16-13(18)10-5-4-8(2)11(14)6-10/h4-7H,3H2,1-2H3,(H2,15,16,17,18). The fraction of sp³-hybridized carbons (Fsp3) is 0.231. The van der Waals surface area contributed by atoms with Crippen LogP contribution in [0.25, 0.3) is 0 Å². The highest BCUT2D eigenvalue weighted by atomic mass is 19.1. The maximum Gasteiger partial charge on any atom is 0.256 e. The van der Waals surface area contributed by atoms with Gasteiger partial charge >= 0.3 is 0 Å². The van der Waals surface area contributed by atoms with Gasteiger partial charge in [-0.2, -0.15) is 5.10 Å². The summed E-state index contributed by atoms with van der Waals surface area (Å²) in [5, 5.41) is 9.25. The van der Waals surface area contributed by atoms with Crippen molar-refractivity contribution in [2.45, 2.75) is 20.3 Å². The molecule has 18 heavy (non-hydrogen) atoms. The quantitative estimate of drug-likeness (QED) is 0.876. The van der Waals surface area contributed by atoms with Crippen LogP contribution in [0.4, 0.5) is 10.2 Å². The maximum atomic E-state index is 13.4. The van der Waals surface area contributed by atoms with Crippen LogP contribution >= 0.6 is 0 Å². The van der Waals surface area contributed by atoms with Crippen LogP contribution in [-0.4, -0.2) is 16.1 Å². The summed E-state index contributed by atoms with van der Waals surface area (Å²) in [7, 11) is 0. The minimum absolute atomic E-state index is 0.287. The van der Waals surface area contributed by atoms with Crippen molar-refractivity contribution in [3.8, 4) is 0 Å². The van der Waals surface area contributed by atoms with Gasteiger partial charge in [0.2, 0.25) is 0 Å². The summed E-state index contributed by atoms with van der Waals surface area (Å²) in [5.74, 6) is -0.181. The highest BCUT2D eigenvalue weighted by molar-refractivity contribution is 6.04. The molecule has 0 aliphatic heterocycles. The lowest BCUT2D eigenvalue weighted by Gasteiger charge is -2.05. The Morgan fingerprint density at radius 3 is 2.94 bits per heavy atom. The summed E-state index contributed by atoms with van der Waals surface area (Å²) in [6, 6.07) is 4.40. The lowest BCUT2D eigenvalue weighted by atomic mass is 10.1. The smallest absolute Gasteiger partial charge is 0.256 e. The topological polar surface area (TPSA) is 57.8 Å². The largest absolute Gasteiger partial charge is 0.307 e. The predicted molar refractivity (Wildman–Crippen MR) is 67.1 cm³/mol. The number of hydrogen-bond acceptors (Lipinski definition) is 2. The van der Waals surface area contributed by atoms with Crippen LogP contribution in [0, 0.1) is 12.7 Å². The van der Waals surface area contributed by atoms with Crippen LogP contribution in [0.15, 0.2) is 24.4 Å². The molecule has 1 heterocycles. The Balaban J connectivity index is 2.19. The van der Waals surface area contributed by atoms with Crippen molar-refractivity contribution in [1.29, 1.82) is 0 Å². The number of hydrogen-bond donors (Lipinski definition) is 2. The fourth-order valence-corrected chi connectivity index (χ4v) is 1.61. The number of amides is 1. The third kappa shape index (κ3) is 2.40. The number of aryl methyl sites for hydroxylation is 2. The molecule has 4 nitrogen and oxygen atoms in total. The Morgan fingerprint density at radius 1 is 1.50 bits per heavy atom. The summed E-state index contributed by atoms with van der Waals surface area (Å²) in [4.78, 5) is 11.9. The number of nitrogens with one attached hydrogen (secondary N) is 2. The van der Waals surface area contributed by atoms with Gasteiger partial charge in [-0.1, -0.05) is 13.0 Å². The van der Waals surface area contributed by atoms with E-state index in [1.807, 2.05) is 6.92 Å². The summed E-state index contributed by atoms with van der Waals surface area (Å²) in [6.45, 7) is 3.62. The van der Waals surface area contributed by atoms with Crippen molar-refractivity contribution < 1.29 is 9.18 Å². The van der Waals surface area contributed by atoms with Gasteiger partial charge in [0.1, 0.15) is 11.6 Å². The molecule has 0 radical (unpaired) electrons. The molecule has 1 amide bonds. The van der Waals surface area contributed by atoms with Crippen LogP contribution in [0.5, 0.6) is 0 Å². The third-order valence-corrected chi connectivity index (χ3v) is 2.77. The van der Waals surface area contributed by atoms with Crippen molar-refractivity contribution in [3.05, 3.63) is 46.9 Å². The Bertz CT molecular complexity index is 577. The van der Waals surface area contributed by atoms with Crippen molar-refractivity contribution in [2.75, 3.05) is 5.32 Å². The van der Waals surface area contributed by atoms with E-state index < -0.39 is 0 Å². The Kier molecular flexibility index (Phi) is 3.41. The molecule has 5 heteroatoms. The summed E-state index contributed by atoms with van der Waals surface area (Å²) in [6.07, 6.45) is 2.42. The molecule has 2 aromatic rings. The van der Waals surface area contributed by atoms with E-state index in [2.05, 4.69) is 15.5 Å². The van der Waals surface area contributed by atoms with Gasteiger partial charge in [0, 0.05) is 11.1 Å². The number of H-pyrrole nitrogens is 1. The van der Waals surface area contributed by atoms with E-state index in [0.29, 0.717) is 11.4 Å². The zero-order valence-corrected chi connectivity index (χ0v) is 10.2. The molecule has 2 N–H and O–H groups in total. The minimum Gasteiger partial charge on any atom is -0.307 e. The Morgan fingerprint density at radius 2 is 2.28 bits per heavy atom.